The molecule has 1 saturated heterocycles. The number of hydrogen-bond donors (Lipinski definition) is 1. The molecule has 0 aliphatic carbocycles. The smallest absolute Gasteiger partial charge is 0.325 e. The third-order valence-corrected chi connectivity index (χ3v) is 5.14. The van der Waals surface area contributed by atoms with Crippen molar-refractivity contribution in [2.24, 2.45) is 0 Å². The molecule has 1 fully saturated rings. The van der Waals surface area contributed by atoms with E-state index in [2.05, 4.69) is 10.1 Å². The van der Waals surface area contributed by atoms with Crippen molar-refractivity contribution in [2.45, 2.75) is 11.3 Å². The van der Waals surface area contributed by atoms with Gasteiger partial charge in [-0.2, -0.15) is 0 Å². The van der Waals surface area contributed by atoms with Crippen molar-refractivity contribution in [2.75, 3.05) is 33.0 Å². The number of rotatable bonds is 4. The molecule has 0 saturated carbocycles. The van der Waals surface area contributed by atoms with E-state index in [0.29, 0.717) is 19.5 Å². The average molecular weight is 385 g/mol. The third-order valence-electron chi connectivity index (χ3n) is 3.63. The first-order valence-electron chi connectivity index (χ1n) is 7.48. The highest BCUT2D eigenvalue weighted by molar-refractivity contribution is 7.90. The predicted octanol–water partition coefficient (Wildman–Crippen LogP) is 0.200. The third kappa shape index (κ3) is 4.45. The Morgan fingerprint density at radius 3 is 2.52 bits per heavy atom. The van der Waals surface area contributed by atoms with E-state index in [1.54, 1.807) is 12.1 Å². The molecule has 0 radical (unpaired) electrons. The highest BCUT2D eigenvalue weighted by atomic mass is 32.2. The maximum atomic E-state index is 12.9. The van der Waals surface area contributed by atoms with Crippen LogP contribution in [0.1, 0.15) is 16.8 Å². The zero-order valence-corrected chi connectivity index (χ0v) is 15.5. The Morgan fingerprint density at radius 1 is 1.24 bits per heavy atom. The summed E-state index contributed by atoms with van der Waals surface area (Å²) in [5.74, 6) is -0.942. The summed E-state index contributed by atoms with van der Waals surface area (Å²) in [7, 11) is -2.28. The molecule has 1 heterocycles. The van der Waals surface area contributed by atoms with Gasteiger partial charge in [0.05, 0.1) is 17.6 Å². The highest BCUT2D eigenvalue weighted by Gasteiger charge is 2.31. The van der Waals surface area contributed by atoms with Gasteiger partial charge in [-0.25, -0.2) is 13.4 Å². The summed E-state index contributed by atoms with van der Waals surface area (Å²) in [6, 6.07) is 6.05. The number of sulfone groups is 1. The number of nitrogens with zero attached hydrogens (tertiary/aromatic N) is 2. The van der Waals surface area contributed by atoms with Gasteiger partial charge < -0.3 is 10.1 Å². The minimum atomic E-state index is -3.55. The van der Waals surface area contributed by atoms with Gasteiger partial charge in [0.25, 0.3) is 5.91 Å². The van der Waals surface area contributed by atoms with Gasteiger partial charge in [0, 0.05) is 19.3 Å². The van der Waals surface area contributed by atoms with E-state index in [9.17, 15) is 18.0 Å². The predicted molar refractivity (Wildman–Crippen MR) is 94.5 cm³/mol. The van der Waals surface area contributed by atoms with Gasteiger partial charge in [0.15, 0.2) is 14.9 Å². The van der Waals surface area contributed by atoms with Crippen LogP contribution >= 0.6 is 12.2 Å². The van der Waals surface area contributed by atoms with Crippen LogP contribution in [0.2, 0.25) is 0 Å². The van der Waals surface area contributed by atoms with Crippen molar-refractivity contribution in [3.05, 3.63) is 29.8 Å². The zero-order chi connectivity index (χ0) is 18.6. The standard InChI is InChI=1S/C15H19N3O5S2/c1-23-13(19)10-16-15(24)18-9-5-8-17(18)14(20)11-6-3-4-7-12(11)25(2,21)22/h3-4,6-7H,5,8-10H2,1-2H3,(H,16,24). The Morgan fingerprint density at radius 2 is 1.88 bits per heavy atom. The van der Waals surface area contributed by atoms with Gasteiger partial charge in [-0.1, -0.05) is 12.1 Å². The molecule has 1 aromatic rings. The van der Waals surface area contributed by atoms with Crippen LogP contribution in [-0.2, 0) is 19.4 Å². The second kappa shape index (κ2) is 7.79. The molecule has 1 aromatic carbocycles. The molecule has 0 aromatic heterocycles. The van der Waals surface area contributed by atoms with Gasteiger partial charge in [0.2, 0.25) is 0 Å². The first kappa shape index (κ1) is 19.1. The van der Waals surface area contributed by atoms with E-state index < -0.39 is 21.7 Å². The Hall–Kier alpha value is -2.20. The number of nitrogens with one attached hydrogen (secondary N) is 1. The monoisotopic (exact) mass is 385 g/mol. The van der Waals surface area contributed by atoms with Gasteiger partial charge in [0.1, 0.15) is 6.54 Å². The summed E-state index contributed by atoms with van der Waals surface area (Å²) in [5, 5.41) is 5.84. The van der Waals surface area contributed by atoms with Crippen molar-refractivity contribution in [3.63, 3.8) is 0 Å². The van der Waals surface area contributed by atoms with Crippen LogP contribution in [0, 0.1) is 0 Å². The van der Waals surface area contributed by atoms with Gasteiger partial charge in [-0.05, 0) is 30.8 Å². The van der Waals surface area contributed by atoms with Crippen LogP contribution < -0.4 is 5.32 Å². The number of hydrazine groups is 1. The minimum Gasteiger partial charge on any atom is -0.468 e. The maximum absolute atomic E-state index is 12.9. The van der Waals surface area contributed by atoms with E-state index in [1.807, 2.05) is 0 Å². The number of carbonyl (C=O) groups is 2. The SMILES string of the molecule is COC(=O)CNC(=S)N1CCCN1C(=O)c1ccccc1S(C)(=O)=O. The summed E-state index contributed by atoms with van der Waals surface area (Å²) < 4.78 is 28.4. The van der Waals surface area contributed by atoms with E-state index >= 15 is 0 Å². The summed E-state index contributed by atoms with van der Waals surface area (Å²) in [4.78, 5) is 24.0. The number of hydrogen-bond acceptors (Lipinski definition) is 6. The summed E-state index contributed by atoms with van der Waals surface area (Å²) in [6.07, 6.45) is 1.73. The van der Waals surface area contributed by atoms with E-state index in [0.717, 1.165) is 6.26 Å². The molecule has 0 spiro atoms. The zero-order valence-electron chi connectivity index (χ0n) is 13.9. The van der Waals surface area contributed by atoms with E-state index in [-0.39, 0.29) is 22.1 Å². The lowest BCUT2D eigenvalue weighted by molar-refractivity contribution is -0.139. The Bertz CT molecular complexity index is 794. The molecule has 0 unspecified atom stereocenters. The molecule has 1 aliphatic rings. The van der Waals surface area contributed by atoms with Gasteiger partial charge in [-0.15, -0.1) is 0 Å². The number of thiocarbonyl (C=S) groups is 1. The first-order chi connectivity index (χ1) is 11.8. The molecule has 1 amide bonds. The normalized spacial score (nSPS) is 14.3. The first-order valence-corrected chi connectivity index (χ1v) is 9.78. The van der Waals surface area contributed by atoms with Crippen LogP contribution in [0.5, 0.6) is 0 Å². The molecule has 0 atom stereocenters. The largest absolute Gasteiger partial charge is 0.468 e. The molecule has 10 heteroatoms. The van der Waals surface area contributed by atoms with Crippen molar-refractivity contribution in [3.8, 4) is 0 Å². The number of ether oxygens (including phenoxy) is 1. The van der Waals surface area contributed by atoms with Crippen LogP contribution in [0.3, 0.4) is 0 Å². The fraction of sp³-hybridized carbons (Fsp3) is 0.400. The molecule has 8 nitrogen and oxygen atoms in total. The van der Waals surface area contributed by atoms with Gasteiger partial charge >= 0.3 is 5.97 Å². The second-order valence-electron chi connectivity index (χ2n) is 5.41. The number of benzene rings is 1. The number of methoxy groups -OCH3 is 1. The Labute approximate surface area is 151 Å². The van der Waals surface area contributed by atoms with Crippen LogP contribution in [-0.4, -0.2) is 68.4 Å². The number of carbonyl (C=O) groups excluding carboxylic acids is 2. The molecule has 0 bridgehead atoms. The van der Waals surface area contributed by atoms with Crippen LogP contribution in [0.15, 0.2) is 29.2 Å². The second-order valence-corrected chi connectivity index (χ2v) is 7.78. The topological polar surface area (TPSA) is 96.0 Å². The van der Waals surface area contributed by atoms with Crippen molar-refractivity contribution >= 4 is 39.0 Å². The maximum Gasteiger partial charge on any atom is 0.325 e. The Kier molecular flexibility index (Phi) is 5.96. The summed E-state index contributed by atoms with van der Waals surface area (Å²) >= 11 is 5.23. The summed E-state index contributed by atoms with van der Waals surface area (Å²) in [5.41, 5.74) is 0.0904. The molecule has 136 valence electrons. The molecule has 2 rings (SSSR count). The molecule has 1 aliphatic heterocycles. The van der Waals surface area contributed by atoms with Crippen molar-refractivity contribution in [1.29, 1.82) is 0 Å². The van der Waals surface area contributed by atoms with Gasteiger partial charge in [-0.3, -0.25) is 14.6 Å². The average Bonchev–Trinajstić information content (AvgIpc) is 3.07. The fourth-order valence-electron chi connectivity index (χ4n) is 2.45. The number of esters is 1. The van der Waals surface area contributed by atoms with Crippen molar-refractivity contribution < 1.29 is 22.7 Å². The molecular formula is C15H19N3O5S2. The lowest BCUT2D eigenvalue weighted by atomic mass is 10.2. The lowest BCUT2D eigenvalue weighted by Gasteiger charge is -2.30. The van der Waals surface area contributed by atoms with E-state index in [1.165, 1.54) is 29.3 Å². The molecule has 25 heavy (non-hydrogen) atoms. The van der Waals surface area contributed by atoms with Crippen LogP contribution in [0.25, 0.3) is 0 Å². The highest BCUT2D eigenvalue weighted by Crippen LogP contribution is 2.21. The minimum absolute atomic E-state index is 0.0275. The van der Waals surface area contributed by atoms with E-state index in [4.69, 9.17) is 12.2 Å². The Balaban J connectivity index is 2.22. The number of amides is 1. The summed E-state index contributed by atoms with van der Waals surface area (Å²) in [6.45, 7) is 0.768. The fourth-order valence-corrected chi connectivity index (χ4v) is 3.59. The van der Waals surface area contributed by atoms with Crippen molar-refractivity contribution in [1.82, 2.24) is 15.3 Å². The molecule has 1 N–H and O–H groups in total. The quantitative estimate of drug-likeness (QED) is 0.580. The lowest BCUT2D eigenvalue weighted by Crippen LogP contribution is -2.50. The van der Waals surface area contributed by atoms with Crippen LogP contribution in [0.4, 0.5) is 0 Å². The molecular weight excluding hydrogens is 366 g/mol.